The first-order chi connectivity index (χ1) is 22.6. The number of benzene rings is 2. The fourth-order valence-corrected chi connectivity index (χ4v) is 7.23. The van der Waals surface area contributed by atoms with Crippen molar-refractivity contribution in [1.29, 1.82) is 5.26 Å². The molecule has 0 saturated carbocycles. The zero-order valence-electron chi connectivity index (χ0n) is 25.8. The molecule has 2 aliphatic heterocycles. The van der Waals surface area contributed by atoms with Crippen molar-refractivity contribution < 1.29 is 18.8 Å². The van der Waals surface area contributed by atoms with Gasteiger partial charge in [0.05, 0.1) is 21.8 Å². The monoisotopic (exact) mass is 652 g/mol. The predicted molar refractivity (Wildman–Crippen MR) is 175 cm³/mol. The van der Waals surface area contributed by atoms with Crippen LogP contribution < -0.4 is 14.5 Å². The average molecular weight is 653 g/mol. The number of nitriles is 1. The number of ether oxygens (including phenoxy) is 1. The average Bonchev–Trinajstić information content (AvgIpc) is 3.62. The lowest BCUT2D eigenvalue weighted by molar-refractivity contribution is -0.384. The number of aromatic nitrogens is 3. The van der Waals surface area contributed by atoms with Gasteiger partial charge in [0.15, 0.2) is 5.13 Å². The van der Waals surface area contributed by atoms with Gasteiger partial charge in [-0.15, -0.1) is 0 Å². The molecule has 238 valence electrons. The van der Waals surface area contributed by atoms with Gasteiger partial charge in [0.25, 0.3) is 5.69 Å². The van der Waals surface area contributed by atoms with E-state index in [2.05, 4.69) is 30.0 Å². The highest BCUT2D eigenvalue weighted by Crippen LogP contribution is 2.44. The van der Waals surface area contributed by atoms with Crippen molar-refractivity contribution in [2.75, 3.05) is 43.0 Å². The van der Waals surface area contributed by atoms with Crippen molar-refractivity contribution in [1.82, 2.24) is 19.5 Å². The number of pyridine rings is 1. The second kappa shape index (κ2) is 11.4. The fourth-order valence-electron chi connectivity index (χ4n) is 6.38. The molecule has 0 bridgehead atoms. The van der Waals surface area contributed by atoms with Gasteiger partial charge in [-0.05, 0) is 61.9 Å². The summed E-state index contributed by atoms with van der Waals surface area (Å²) < 4.78 is 20.9. The van der Waals surface area contributed by atoms with E-state index >= 15 is 0 Å². The number of nitro groups is 1. The molecule has 2 saturated heterocycles. The van der Waals surface area contributed by atoms with Crippen LogP contribution >= 0.6 is 11.3 Å². The summed E-state index contributed by atoms with van der Waals surface area (Å²) in [7, 11) is 1.92. The van der Waals surface area contributed by atoms with Crippen LogP contribution in [0.2, 0.25) is 0 Å². The normalized spacial score (nSPS) is 14.9. The third-order valence-electron chi connectivity index (χ3n) is 8.71. The number of thiazole rings is 1. The van der Waals surface area contributed by atoms with Crippen molar-refractivity contribution in [3.05, 3.63) is 92.9 Å². The van der Waals surface area contributed by atoms with Crippen LogP contribution in [0.15, 0.2) is 60.7 Å². The van der Waals surface area contributed by atoms with E-state index in [1.165, 1.54) is 47.7 Å². The molecular weight excluding hydrogens is 623 g/mol. The van der Waals surface area contributed by atoms with E-state index < -0.39 is 11.0 Å². The number of aryl methyl sites for hydroxylation is 2. The van der Waals surface area contributed by atoms with E-state index in [9.17, 15) is 24.6 Å². The van der Waals surface area contributed by atoms with Crippen LogP contribution in [0.25, 0.3) is 16.8 Å². The minimum atomic E-state index is -0.500. The number of rotatable bonds is 7. The first kappa shape index (κ1) is 30.1. The molecule has 2 aromatic carbocycles. The molecule has 14 heteroatoms. The standard InChI is InChI=1S/C33H29FN8O4S/c1-4-26-30(38(3)31-36-29(28(15-35)47-31)21-5-7-22(34)8-6-21)27-14-24(13-20(2)41(27)37-26)39-16-33(17-39)18-40(19-33)32(43)46-25-11-9-23(10-12-25)42(44)45/h5-14H,4,16-19H2,1-3H3. The van der Waals surface area contributed by atoms with Crippen molar-refractivity contribution in [3.8, 4) is 23.1 Å². The molecule has 12 nitrogen and oxygen atoms in total. The van der Waals surface area contributed by atoms with Gasteiger partial charge in [-0.3, -0.25) is 10.1 Å². The van der Waals surface area contributed by atoms with Crippen LogP contribution in [0, 0.1) is 39.6 Å². The van der Waals surface area contributed by atoms with Crippen LogP contribution in [0.3, 0.4) is 0 Å². The topological polar surface area (TPSA) is 133 Å². The van der Waals surface area contributed by atoms with Gasteiger partial charge in [-0.2, -0.15) is 10.4 Å². The number of carbonyl (C=O) groups excluding carboxylic acids is 1. The van der Waals surface area contributed by atoms with E-state index in [1.807, 2.05) is 23.4 Å². The number of carbonyl (C=O) groups is 1. The Kier molecular flexibility index (Phi) is 7.28. The number of likely N-dealkylation sites (tertiary alicyclic amines) is 1. The van der Waals surface area contributed by atoms with E-state index in [0.717, 1.165) is 41.4 Å². The highest BCUT2D eigenvalue weighted by Gasteiger charge is 2.54. The lowest BCUT2D eigenvalue weighted by Crippen LogP contribution is -2.73. The van der Waals surface area contributed by atoms with Gasteiger partial charge < -0.3 is 19.4 Å². The third kappa shape index (κ3) is 5.28. The number of non-ortho nitro benzene ring substituents is 1. The molecule has 2 aliphatic rings. The number of nitro benzene ring substituents is 1. The lowest BCUT2D eigenvalue weighted by atomic mass is 9.73. The second-order valence-corrected chi connectivity index (χ2v) is 13.0. The third-order valence-corrected chi connectivity index (χ3v) is 9.75. The molecule has 2 fully saturated rings. The molecule has 0 radical (unpaired) electrons. The predicted octanol–water partition coefficient (Wildman–Crippen LogP) is 6.34. The Morgan fingerprint density at radius 2 is 1.85 bits per heavy atom. The summed E-state index contributed by atoms with van der Waals surface area (Å²) in [6, 6.07) is 17.9. The number of halogens is 1. The van der Waals surface area contributed by atoms with E-state index in [1.54, 1.807) is 17.0 Å². The van der Waals surface area contributed by atoms with Gasteiger partial charge in [-0.1, -0.05) is 18.3 Å². The molecule has 47 heavy (non-hydrogen) atoms. The quantitative estimate of drug-likeness (QED) is 0.146. The molecule has 5 aromatic rings. The largest absolute Gasteiger partial charge is 0.415 e. The summed E-state index contributed by atoms with van der Waals surface area (Å²) in [5.74, 6) is -0.0863. The van der Waals surface area contributed by atoms with E-state index in [4.69, 9.17) is 14.8 Å². The molecule has 5 heterocycles. The van der Waals surface area contributed by atoms with Crippen LogP contribution in [-0.4, -0.2) is 63.7 Å². The summed E-state index contributed by atoms with van der Waals surface area (Å²) in [6.45, 7) is 6.77. The Balaban J connectivity index is 1.08. The maximum atomic E-state index is 13.6. The fraction of sp³-hybridized carbons (Fsp3) is 0.273. The maximum Gasteiger partial charge on any atom is 0.415 e. The van der Waals surface area contributed by atoms with Gasteiger partial charge >= 0.3 is 6.09 Å². The summed E-state index contributed by atoms with van der Waals surface area (Å²) in [4.78, 5) is 34.2. The number of nitrogens with zero attached hydrogens (tertiary/aromatic N) is 8. The highest BCUT2D eigenvalue weighted by molar-refractivity contribution is 7.16. The summed E-state index contributed by atoms with van der Waals surface area (Å²) >= 11 is 1.28. The molecule has 1 spiro atoms. The first-order valence-corrected chi connectivity index (χ1v) is 15.8. The Labute approximate surface area is 273 Å². The van der Waals surface area contributed by atoms with Gasteiger partial charge in [0.2, 0.25) is 0 Å². The Bertz CT molecular complexity index is 2070. The van der Waals surface area contributed by atoms with Crippen molar-refractivity contribution >= 4 is 45.1 Å². The van der Waals surface area contributed by atoms with Gasteiger partial charge in [0, 0.05) is 67.7 Å². The van der Waals surface area contributed by atoms with Crippen molar-refractivity contribution in [3.63, 3.8) is 0 Å². The zero-order valence-corrected chi connectivity index (χ0v) is 26.6. The zero-order chi connectivity index (χ0) is 33.0. The number of anilines is 3. The number of amides is 1. The van der Waals surface area contributed by atoms with E-state index in [0.29, 0.717) is 40.8 Å². The van der Waals surface area contributed by atoms with Crippen LogP contribution in [0.4, 0.5) is 31.4 Å². The highest BCUT2D eigenvalue weighted by atomic mass is 32.1. The Morgan fingerprint density at radius 3 is 2.49 bits per heavy atom. The van der Waals surface area contributed by atoms with Crippen molar-refractivity contribution in [2.45, 2.75) is 20.3 Å². The van der Waals surface area contributed by atoms with Gasteiger partial charge in [0.1, 0.15) is 28.2 Å². The maximum absolute atomic E-state index is 13.6. The summed E-state index contributed by atoms with van der Waals surface area (Å²) in [5.41, 5.74) is 5.84. The van der Waals surface area contributed by atoms with Crippen LogP contribution in [0.5, 0.6) is 5.75 Å². The first-order valence-electron chi connectivity index (χ1n) is 15.0. The lowest BCUT2D eigenvalue weighted by Gasteiger charge is -2.60. The molecule has 3 aromatic heterocycles. The van der Waals surface area contributed by atoms with Crippen molar-refractivity contribution in [2.24, 2.45) is 5.41 Å². The second-order valence-electron chi connectivity index (χ2n) is 12.0. The molecule has 0 aliphatic carbocycles. The molecule has 1 amide bonds. The number of hydrogen-bond acceptors (Lipinski definition) is 10. The minimum Gasteiger partial charge on any atom is -0.410 e. The Hall–Kier alpha value is -5.55. The molecule has 0 N–H and O–H groups in total. The molecule has 0 atom stereocenters. The number of hydrogen-bond donors (Lipinski definition) is 0. The molecular formula is C33H29FN8O4S. The van der Waals surface area contributed by atoms with E-state index in [-0.39, 0.29) is 22.7 Å². The molecule has 7 rings (SSSR count). The smallest absolute Gasteiger partial charge is 0.410 e. The van der Waals surface area contributed by atoms with Crippen LogP contribution in [-0.2, 0) is 6.42 Å². The van der Waals surface area contributed by atoms with Gasteiger partial charge in [-0.25, -0.2) is 18.7 Å². The van der Waals surface area contributed by atoms with Crippen LogP contribution in [0.1, 0.15) is 23.2 Å². The summed E-state index contributed by atoms with van der Waals surface area (Å²) in [6.07, 6.45) is 0.222. The SMILES string of the molecule is CCc1nn2c(C)cc(N3CC4(CN(C(=O)Oc5ccc([N+](=O)[O-])cc5)C4)C3)cc2c1N(C)c1nc(-c2ccc(F)cc2)c(C#N)s1. The number of fused-ring (bicyclic) bond motifs is 1. The minimum absolute atomic E-state index is 0.0195. The Morgan fingerprint density at radius 1 is 1.15 bits per heavy atom. The molecule has 0 unspecified atom stereocenters. The summed E-state index contributed by atoms with van der Waals surface area (Å²) in [5, 5.41) is 26.3.